The van der Waals surface area contributed by atoms with E-state index in [1.807, 2.05) is 24.0 Å². The lowest BCUT2D eigenvalue weighted by molar-refractivity contribution is -0.144. The number of ether oxygens (including phenoxy) is 1. The molecular formula is C18H20N4O3. The molecule has 0 unspecified atom stereocenters. The average Bonchev–Trinajstić information content (AvgIpc) is 3.28. The summed E-state index contributed by atoms with van der Waals surface area (Å²) in [6.45, 7) is 7.54. The van der Waals surface area contributed by atoms with Crippen LogP contribution in [-0.4, -0.2) is 51.8 Å². The molecule has 2 aromatic rings. The number of pyridine rings is 1. The Morgan fingerprint density at radius 3 is 3.00 bits per heavy atom. The summed E-state index contributed by atoms with van der Waals surface area (Å²) in [4.78, 5) is 18.6. The highest BCUT2D eigenvalue weighted by molar-refractivity contribution is 5.81. The number of carbonyl (C=O) groups is 1. The van der Waals surface area contributed by atoms with Crippen molar-refractivity contribution in [3.05, 3.63) is 43.1 Å². The summed E-state index contributed by atoms with van der Waals surface area (Å²) in [5.74, 6) is 0.992. The summed E-state index contributed by atoms with van der Waals surface area (Å²) in [7, 11) is 0. The van der Waals surface area contributed by atoms with Gasteiger partial charge in [-0.25, -0.2) is 0 Å². The van der Waals surface area contributed by atoms with E-state index in [1.54, 1.807) is 18.5 Å². The fourth-order valence-electron chi connectivity index (χ4n) is 3.50. The van der Waals surface area contributed by atoms with E-state index >= 15 is 0 Å². The molecule has 0 N–H and O–H groups in total. The Morgan fingerprint density at radius 1 is 1.44 bits per heavy atom. The minimum Gasteiger partial charge on any atom is -0.420 e. The van der Waals surface area contributed by atoms with Gasteiger partial charge >= 0.3 is 0 Å². The third-order valence-corrected chi connectivity index (χ3v) is 4.93. The second-order valence-electron chi connectivity index (χ2n) is 6.88. The van der Waals surface area contributed by atoms with Crippen LogP contribution in [0.5, 0.6) is 0 Å². The molecule has 0 radical (unpaired) electrons. The highest BCUT2D eigenvalue weighted by atomic mass is 16.5. The van der Waals surface area contributed by atoms with Gasteiger partial charge in [0.1, 0.15) is 0 Å². The molecule has 0 spiro atoms. The van der Waals surface area contributed by atoms with E-state index in [9.17, 15) is 4.79 Å². The molecule has 4 rings (SSSR count). The van der Waals surface area contributed by atoms with Crippen molar-refractivity contribution in [3.63, 3.8) is 0 Å². The van der Waals surface area contributed by atoms with Gasteiger partial charge in [-0.15, -0.1) is 16.8 Å². The molecule has 7 heteroatoms. The van der Waals surface area contributed by atoms with Crippen molar-refractivity contribution in [2.45, 2.75) is 24.9 Å². The first-order valence-corrected chi connectivity index (χ1v) is 8.38. The molecule has 1 amide bonds. The Labute approximate surface area is 145 Å². The Kier molecular flexibility index (Phi) is 3.88. The zero-order valence-electron chi connectivity index (χ0n) is 14.1. The molecular weight excluding hydrogens is 320 g/mol. The number of hydrogen-bond donors (Lipinski definition) is 0. The predicted molar refractivity (Wildman–Crippen MR) is 89.5 cm³/mol. The third kappa shape index (κ3) is 2.74. The number of nitrogens with zero attached hydrogens (tertiary/aromatic N) is 4. The van der Waals surface area contributed by atoms with Crippen LogP contribution in [0.25, 0.3) is 11.5 Å². The lowest BCUT2D eigenvalue weighted by Gasteiger charge is -2.46. The second-order valence-corrected chi connectivity index (χ2v) is 6.88. The lowest BCUT2D eigenvalue weighted by Crippen LogP contribution is -2.61. The maximum atomic E-state index is 12.7. The molecule has 2 fully saturated rings. The van der Waals surface area contributed by atoms with Gasteiger partial charge in [-0.2, -0.15) is 0 Å². The summed E-state index contributed by atoms with van der Waals surface area (Å²) in [5.41, 5.74) is 0.473. The molecule has 130 valence electrons. The molecule has 4 heterocycles. The maximum absolute atomic E-state index is 12.7. The van der Waals surface area contributed by atoms with E-state index in [0.717, 1.165) is 12.0 Å². The molecule has 0 aliphatic carbocycles. The van der Waals surface area contributed by atoms with Gasteiger partial charge in [0.25, 0.3) is 0 Å². The highest BCUT2D eigenvalue weighted by Gasteiger charge is 2.49. The minimum absolute atomic E-state index is 0.117. The molecule has 25 heavy (non-hydrogen) atoms. The molecule has 0 aromatic carbocycles. The molecule has 7 nitrogen and oxygen atoms in total. The Morgan fingerprint density at radius 2 is 2.28 bits per heavy atom. The van der Waals surface area contributed by atoms with E-state index in [0.29, 0.717) is 31.5 Å². The van der Waals surface area contributed by atoms with Gasteiger partial charge in [-0.1, -0.05) is 6.08 Å². The Bertz CT molecular complexity index is 783. The molecule has 2 aromatic heterocycles. The van der Waals surface area contributed by atoms with Gasteiger partial charge in [0.05, 0.1) is 23.0 Å². The average molecular weight is 340 g/mol. The number of rotatable bonds is 4. The normalized spacial score (nSPS) is 24.8. The van der Waals surface area contributed by atoms with E-state index in [-0.39, 0.29) is 23.3 Å². The van der Waals surface area contributed by atoms with Gasteiger partial charge < -0.3 is 14.1 Å². The van der Waals surface area contributed by atoms with Crippen LogP contribution >= 0.6 is 0 Å². The van der Waals surface area contributed by atoms with Gasteiger partial charge in [-0.3, -0.25) is 9.78 Å². The predicted octanol–water partition coefficient (Wildman–Crippen LogP) is 1.82. The quantitative estimate of drug-likeness (QED) is 0.790. The van der Waals surface area contributed by atoms with Crippen molar-refractivity contribution in [1.82, 2.24) is 20.1 Å². The standard InChI is InChI=1S/C18H20N4O3/c1-3-14-13(6-8-24-14)16(23)22-10-18(2,11-22)17-21-20-15(25-17)12-5-4-7-19-9-12/h3-5,7,9,13-14H,1,6,8,10-11H2,2H3/t13-,14+/m1/s1. The summed E-state index contributed by atoms with van der Waals surface area (Å²) >= 11 is 0. The van der Waals surface area contributed by atoms with Crippen LogP contribution < -0.4 is 0 Å². The van der Waals surface area contributed by atoms with Gasteiger partial charge in [0.2, 0.25) is 17.7 Å². The molecule has 2 saturated heterocycles. The van der Waals surface area contributed by atoms with E-state index in [1.165, 1.54) is 0 Å². The van der Waals surface area contributed by atoms with Crippen molar-refractivity contribution in [1.29, 1.82) is 0 Å². The number of aromatic nitrogens is 3. The van der Waals surface area contributed by atoms with Crippen molar-refractivity contribution in [2.75, 3.05) is 19.7 Å². The maximum Gasteiger partial charge on any atom is 0.249 e. The van der Waals surface area contributed by atoms with Gasteiger partial charge in [-0.05, 0) is 25.5 Å². The van der Waals surface area contributed by atoms with Crippen LogP contribution in [0.1, 0.15) is 19.2 Å². The monoisotopic (exact) mass is 340 g/mol. The topological polar surface area (TPSA) is 81.4 Å². The first-order valence-electron chi connectivity index (χ1n) is 8.38. The number of hydrogen-bond acceptors (Lipinski definition) is 6. The SMILES string of the molecule is C=C[C@@H]1OCC[C@H]1C(=O)N1CC(C)(c2nnc(-c3cccnc3)o2)C1. The Hall–Kier alpha value is -2.54. The summed E-state index contributed by atoms with van der Waals surface area (Å²) < 4.78 is 11.4. The fourth-order valence-corrected chi connectivity index (χ4v) is 3.50. The largest absolute Gasteiger partial charge is 0.420 e. The van der Waals surface area contributed by atoms with Crippen molar-refractivity contribution in [3.8, 4) is 11.5 Å². The van der Waals surface area contributed by atoms with Crippen LogP contribution in [0.2, 0.25) is 0 Å². The summed E-state index contributed by atoms with van der Waals surface area (Å²) in [6.07, 6.45) is 5.66. The van der Waals surface area contributed by atoms with E-state index in [2.05, 4.69) is 21.8 Å². The molecule has 2 aliphatic rings. The Balaban J connectivity index is 1.44. The zero-order valence-corrected chi connectivity index (χ0v) is 14.1. The van der Waals surface area contributed by atoms with Gasteiger partial charge in [0, 0.05) is 32.1 Å². The number of likely N-dealkylation sites (tertiary alicyclic amines) is 1. The molecule has 2 aliphatic heterocycles. The third-order valence-electron chi connectivity index (χ3n) is 4.93. The van der Waals surface area contributed by atoms with Crippen LogP contribution in [-0.2, 0) is 14.9 Å². The first kappa shape index (κ1) is 16.0. The molecule has 0 bridgehead atoms. The molecule has 0 saturated carbocycles. The van der Waals surface area contributed by atoms with Gasteiger partial charge in [0.15, 0.2) is 0 Å². The van der Waals surface area contributed by atoms with Crippen LogP contribution in [0.3, 0.4) is 0 Å². The van der Waals surface area contributed by atoms with Crippen molar-refractivity contribution in [2.24, 2.45) is 5.92 Å². The van der Waals surface area contributed by atoms with Crippen LogP contribution in [0.4, 0.5) is 0 Å². The number of amides is 1. The first-order chi connectivity index (χ1) is 12.1. The van der Waals surface area contributed by atoms with Crippen molar-refractivity contribution < 1.29 is 13.9 Å². The lowest BCUT2D eigenvalue weighted by atomic mass is 9.80. The summed E-state index contributed by atoms with van der Waals surface area (Å²) in [6, 6.07) is 3.70. The smallest absolute Gasteiger partial charge is 0.249 e. The van der Waals surface area contributed by atoms with Crippen LogP contribution in [0.15, 0.2) is 41.6 Å². The fraction of sp³-hybridized carbons (Fsp3) is 0.444. The van der Waals surface area contributed by atoms with E-state index in [4.69, 9.17) is 9.15 Å². The van der Waals surface area contributed by atoms with Crippen molar-refractivity contribution >= 4 is 5.91 Å². The van der Waals surface area contributed by atoms with Crippen LogP contribution in [0, 0.1) is 5.92 Å². The summed E-state index contributed by atoms with van der Waals surface area (Å²) in [5, 5.41) is 8.30. The van der Waals surface area contributed by atoms with E-state index < -0.39 is 0 Å². The molecule has 2 atom stereocenters. The number of carbonyl (C=O) groups excluding carboxylic acids is 1. The highest BCUT2D eigenvalue weighted by Crippen LogP contribution is 2.37. The minimum atomic E-state index is -0.313. The zero-order chi connectivity index (χ0) is 17.4. The second kappa shape index (κ2) is 6.07.